The van der Waals surface area contributed by atoms with E-state index >= 15 is 0 Å². The summed E-state index contributed by atoms with van der Waals surface area (Å²) in [5, 5.41) is 10.2. The highest BCUT2D eigenvalue weighted by Gasteiger charge is 2.61. The van der Waals surface area contributed by atoms with Gasteiger partial charge in [-0.1, -0.05) is 57.5 Å². The highest BCUT2D eigenvalue weighted by atomic mass is 16.1. The van der Waals surface area contributed by atoms with E-state index in [1.807, 2.05) is 12.1 Å². The summed E-state index contributed by atoms with van der Waals surface area (Å²) in [7, 11) is 0. The number of benzene rings is 1. The van der Waals surface area contributed by atoms with Crippen LogP contribution in [0.1, 0.15) is 55.4 Å². The molecular formula is C19H25N3O. The first-order valence-electron chi connectivity index (χ1n) is 8.36. The molecule has 1 amide bonds. The highest BCUT2D eigenvalue weighted by molar-refractivity contribution is 5.92. The molecule has 4 heteroatoms. The fraction of sp³-hybridized carbons (Fsp3) is 0.474. The van der Waals surface area contributed by atoms with E-state index in [2.05, 4.69) is 60.6 Å². The van der Waals surface area contributed by atoms with Gasteiger partial charge in [0.15, 0.2) is 0 Å². The molecule has 2 N–H and O–H groups in total. The lowest BCUT2D eigenvalue weighted by Crippen LogP contribution is -2.35. The van der Waals surface area contributed by atoms with Crippen molar-refractivity contribution in [1.82, 2.24) is 15.5 Å². The lowest BCUT2D eigenvalue weighted by molar-refractivity contribution is 0.0943. The molecule has 1 aromatic heterocycles. The summed E-state index contributed by atoms with van der Waals surface area (Å²) in [6.07, 6.45) is 3.04. The SMILES string of the molecule is CCCc1cc(C(=O)NCC2(c3ccccc3)CC2(C)C)n[nH]1. The number of aromatic amines is 1. The second-order valence-electron chi connectivity index (χ2n) is 7.22. The zero-order valence-corrected chi connectivity index (χ0v) is 14.1. The Morgan fingerprint density at radius 3 is 2.61 bits per heavy atom. The number of aromatic nitrogens is 2. The van der Waals surface area contributed by atoms with E-state index in [0.717, 1.165) is 25.0 Å². The fourth-order valence-corrected chi connectivity index (χ4v) is 3.56. The Labute approximate surface area is 137 Å². The molecule has 23 heavy (non-hydrogen) atoms. The lowest BCUT2D eigenvalue weighted by Gasteiger charge is -2.21. The molecule has 1 heterocycles. The minimum absolute atomic E-state index is 0.0342. The predicted molar refractivity (Wildman–Crippen MR) is 91.4 cm³/mol. The first-order valence-corrected chi connectivity index (χ1v) is 8.36. The van der Waals surface area contributed by atoms with Gasteiger partial charge in [-0.05, 0) is 29.9 Å². The molecule has 1 aromatic carbocycles. The van der Waals surface area contributed by atoms with Crippen LogP contribution in [-0.4, -0.2) is 22.6 Å². The van der Waals surface area contributed by atoms with Crippen LogP contribution in [-0.2, 0) is 11.8 Å². The van der Waals surface area contributed by atoms with Crippen molar-refractivity contribution in [3.05, 3.63) is 53.3 Å². The highest BCUT2D eigenvalue weighted by Crippen LogP contribution is 2.63. The number of H-pyrrole nitrogens is 1. The molecule has 3 rings (SSSR count). The number of nitrogens with one attached hydrogen (secondary N) is 2. The van der Waals surface area contributed by atoms with Crippen LogP contribution in [0, 0.1) is 5.41 Å². The van der Waals surface area contributed by atoms with Gasteiger partial charge in [-0.25, -0.2) is 0 Å². The Hall–Kier alpha value is -2.10. The number of amides is 1. The fourth-order valence-electron chi connectivity index (χ4n) is 3.56. The summed E-state index contributed by atoms with van der Waals surface area (Å²) in [4.78, 5) is 12.4. The van der Waals surface area contributed by atoms with Crippen LogP contribution in [0.2, 0.25) is 0 Å². The smallest absolute Gasteiger partial charge is 0.271 e. The Kier molecular flexibility index (Phi) is 4.00. The van der Waals surface area contributed by atoms with Crippen LogP contribution in [0.3, 0.4) is 0 Å². The molecule has 0 aliphatic heterocycles. The molecule has 4 nitrogen and oxygen atoms in total. The maximum atomic E-state index is 12.4. The molecule has 2 aromatic rings. The minimum Gasteiger partial charge on any atom is -0.350 e. The van der Waals surface area contributed by atoms with Gasteiger partial charge in [-0.15, -0.1) is 0 Å². The molecule has 0 radical (unpaired) electrons. The number of hydrogen-bond donors (Lipinski definition) is 2. The van der Waals surface area contributed by atoms with E-state index in [1.54, 1.807) is 0 Å². The minimum atomic E-state index is -0.0957. The summed E-state index contributed by atoms with van der Waals surface area (Å²) in [6, 6.07) is 12.3. The molecule has 1 aliphatic carbocycles. The van der Waals surface area contributed by atoms with Crippen molar-refractivity contribution in [3.63, 3.8) is 0 Å². The monoisotopic (exact) mass is 311 g/mol. The Bertz CT molecular complexity index is 690. The van der Waals surface area contributed by atoms with Crippen molar-refractivity contribution in [2.45, 2.75) is 45.4 Å². The van der Waals surface area contributed by atoms with Crippen LogP contribution < -0.4 is 5.32 Å². The Morgan fingerprint density at radius 1 is 1.30 bits per heavy atom. The van der Waals surface area contributed by atoms with E-state index in [4.69, 9.17) is 0 Å². The molecule has 1 aliphatic rings. The van der Waals surface area contributed by atoms with Crippen molar-refractivity contribution < 1.29 is 4.79 Å². The van der Waals surface area contributed by atoms with Gasteiger partial charge in [0.2, 0.25) is 0 Å². The zero-order chi connectivity index (χ0) is 16.5. The number of rotatable bonds is 6. The van der Waals surface area contributed by atoms with Gasteiger partial charge >= 0.3 is 0 Å². The average molecular weight is 311 g/mol. The van der Waals surface area contributed by atoms with E-state index in [9.17, 15) is 4.79 Å². The van der Waals surface area contributed by atoms with Crippen LogP contribution in [0.25, 0.3) is 0 Å². The first-order chi connectivity index (χ1) is 11.0. The summed E-state index contributed by atoms with van der Waals surface area (Å²) >= 11 is 0. The van der Waals surface area contributed by atoms with Gasteiger partial charge in [-0.2, -0.15) is 5.10 Å². The molecule has 0 spiro atoms. The van der Waals surface area contributed by atoms with Crippen molar-refractivity contribution in [2.24, 2.45) is 5.41 Å². The van der Waals surface area contributed by atoms with Crippen molar-refractivity contribution in [1.29, 1.82) is 0 Å². The molecule has 1 fully saturated rings. The van der Waals surface area contributed by atoms with Crippen molar-refractivity contribution in [3.8, 4) is 0 Å². The zero-order valence-electron chi connectivity index (χ0n) is 14.1. The van der Waals surface area contributed by atoms with Crippen LogP contribution in [0.5, 0.6) is 0 Å². The number of carbonyl (C=O) groups is 1. The van der Waals surface area contributed by atoms with E-state index < -0.39 is 0 Å². The second-order valence-corrected chi connectivity index (χ2v) is 7.22. The topological polar surface area (TPSA) is 57.8 Å². The molecule has 1 unspecified atom stereocenters. The Balaban J connectivity index is 1.69. The van der Waals surface area contributed by atoms with Crippen LogP contribution in [0.15, 0.2) is 36.4 Å². The van der Waals surface area contributed by atoms with Gasteiger partial charge in [0.25, 0.3) is 5.91 Å². The van der Waals surface area contributed by atoms with Crippen molar-refractivity contribution in [2.75, 3.05) is 6.54 Å². The van der Waals surface area contributed by atoms with E-state index in [0.29, 0.717) is 12.2 Å². The standard InChI is InChI=1S/C19H25N3O/c1-4-8-15-11-16(22-21-15)17(23)20-13-19(12-18(19,2)3)14-9-6-5-7-10-14/h5-7,9-11H,4,8,12-13H2,1-3H3,(H,20,23)(H,21,22). The molecule has 1 atom stereocenters. The number of hydrogen-bond acceptors (Lipinski definition) is 2. The van der Waals surface area contributed by atoms with Crippen LogP contribution >= 0.6 is 0 Å². The molecule has 122 valence electrons. The van der Waals surface area contributed by atoms with Gasteiger partial charge in [0.05, 0.1) is 0 Å². The molecule has 0 saturated heterocycles. The quantitative estimate of drug-likeness (QED) is 0.858. The summed E-state index contributed by atoms with van der Waals surface area (Å²) in [5.74, 6) is -0.0957. The second kappa shape index (κ2) is 5.84. The normalized spacial score (nSPS) is 21.9. The number of aryl methyl sites for hydroxylation is 1. The van der Waals surface area contributed by atoms with Crippen LogP contribution in [0.4, 0.5) is 0 Å². The summed E-state index contributed by atoms with van der Waals surface area (Å²) < 4.78 is 0. The number of carbonyl (C=O) groups excluding carboxylic acids is 1. The molecule has 1 saturated carbocycles. The maximum absolute atomic E-state index is 12.4. The lowest BCUT2D eigenvalue weighted by atomic mass is 9.88. The molecular weight excluding hydrogens is 286 g/mol. The predicted octanol–water partition coefficient (Wildman–Crippen LogP) is 3.46. The number of nitrogens with zero attached hydrogens (tertiary/aromatic N) is 1. The first kappa shape index (κ1) is 15.8. The summed E-state index contributed by atoms with van der Waals surface area (Å²) in [5.41, 5.74) is 3.05. The largest absolute Gasteiger partial charge is 0.350 e. The van der Waals surface area contributed by atoms with Gasteiger partial charge in [0.1, 0.15) is 5.69 Å². The maximum Gasteiger partial charge on any atom is 0.271 e. The third-order valence-corrected chi connectivity index (χ3v) is 5.17. The summed E-state index contributed by atoms with van der Waals surface area (Å²) in [6.45, 7) is 7.29. The van der Waals surface area contributed by atoms with Gasteiger partial charge < -0.3 is 5.32 Å². The third-order valence-electron chi connectivity index (χ3n) is 5.17. The van der Waals surface area contributed by atoms with Gasteiger partial charge in [0, 0.05) is 17.7 Å². The average Bonchev–Trinajstić information content (AvgIpc) is 2.88. The Morgan fingerprint density at radius 2 is 2.00 bits per heavy atom. The van der Waals surface area contributed by atoms with E-state index in [-0.39, 0.29) is 16.7 Å². The van der Waals surface area contributed by atoms with E-state index in [1.165, 1.54) is 5.56 Å². The third kappa shape index (κ3) is 2.90. The van der Waals surface area contributed by atoms with Crippen molar-refractivity contribution >= 4 is 5.91 Å². The molecule has 0 bridgehead atoms. The van der Waals surface area contributed by atoms with Gasteiger partial charge in [-0.3, -0.25) is 9.89 Å².